The number of primary amides is 1. The van der Waals surface area contributed by atoms with Crippen molar-refractivity contribution in [2.24, 2.45) is 5.73 Å². The van der Waals surface area contributed by atoms with Crippen LogP contribution in [0, 0.1) is 0 Å². The van der Waals surface area contributed by atoms with E-state index in [9.17, 15) is 24.2 Å². The Hall–Kier alpha value is -3.24. The summed E-state index contributed by atoms with van der Waals surface area (Å²) in [7, 11) is 0. The Morgan fingerprint density at radius 3 is 2.60 bits per heavy atom. The number of benzene rings is 2. The molecule has 0 saturated heterocycles. The summed E-state index contributed by atoms with van der Waals surface area (Å²) in [6, 6.07) is 8.27. The average Bonchev–Trinajstić information content (AvgIpc) is 3.18. The minimum atomic E-state index is -1.39. The molecule has 3 aromatic rings. The lowest BCUT2D eigenvalue weighted by atomic mass is 9.97. The molecule has 4 rings (SSSR count). The van der Waals surface area contributed by atoms with E-state index in [1.54, 1.807) is 30.3 Å². The third-order valence-electron chi connectivity index (χ3n) is 5.98. The summed E-state index contributed by atoms with van der Waals surface area (Å²) < 4.78 is 21.2. The van der Waals surface area contributed by atoms with E-state index in [4.69, 9.17) is 27.2 Å². The van der Waals surface area contributed by atoms with Gasteiger partial charge < -0.3 is 30.4 Å². The monoisotopic (exact) mass is 502 g/mol. The number of aromatic nitrogens is 1. The minimum Gasteiger partial charge on any atom is -0.485 e. The Labute approximate surface area is 205 Å². The third-order valence-corrected chi connectivity index (χ3v) is 6.21. The molecule has 1 heterocycles. The number of amides is 1. The Bertz CT molecular complexity index is 1340. The van der Waals surface area contributed by atoms with Crippen molar-refractivity contribution in [1.29, 1.82) is 0 Å². The molecule has 1 aliphatic rings. The van der Waals surface area contributed by atoms with Gasteiger partial charge in [0.2, 0.25) is 5.78 Å². The molecule has 1 aromatic heterocycles. The summed E-state index contributed by atoms with van der Waals surface area (Å²) in [5.41, 5.74) is 6.88. The van der Waals surface area contributed by atoms with Crippen LogP contribution in [0.1, 0.15) is 38.4 Å². The Balaban J connectivity index is 1.62. The van der Waals surface area contributed by atoms with Crippen molar-refractivity contribution < 1.29 is 34.0 Å². The van der Waals surface area contributed by atoms with Gasteiger partial charge >= 0.3 is 0 Å². The lowest BCUT2D eigenvalue weighted by Crippen LogP contribution is -2.33. The number of aliphatic hydroxyl groups excluding tert-OH is 3. The minimum absolute atomic E-state index is 0.0956. The van der Waals surface area contributed by atoms with Gasteiger partial charge in [0.1, 0.15) is 17.7 Å². The topological polar surface area (TPSA) is 135 Å². The van der Waals surface area contributed by atoms with Crippen LogP contribution in [0.2, 0.25) is 5.02 Å². The number of ketones is 1. The van der Waals surface area contributed by atoms with Crippen LogP contribution in [0.4, 0.5) is 4.39 Å². The van der Waals surface area contributed by atoms with E-state index in [-0.39, 0.29) is 42.1 Å². The number of Topliss-reactive ketones (excluding diaryl/α,β-unsaturated/α-hetero) is 1. The number of halogens is 2. The maximum Gasteiger partial charge on any atom is 0.252 e. The fourth-order valence-corrected chi connectivity index (χ4v) is 4.31. The van der Waals surface area contributed by atoms with Gasteiger partial charge in [0, 0.05) is 28.9 Å². The molecular formula is C25H24ClFN2O6. The van der Waals surface area contributed by atoms with Crippen molar-refractivity contribution in [3.8, 4) is 5.75 Å². The van der Waals surface area contributed by atoms with Gasteiger partial charge in [-0.2, -0.15) is 0 Å². The molecule has 1 aliphatic carbocycles. The molecule has 10 heteroatoms. The summed E-state index contributed by atoms with van der Waals surface area (Å²) in [6.45, 7) is -1.21. The smallest absolute Gasteiger partial charge is 0.252 e. The fourth-order valence-electron chi connectivity index (χ4n) is 4.13. The van der Waals surface area contributed by atoms with E-state index in [0.29, 0.717) is 21.7 Å². The number of nitrogens with two attached hydrogens (primary N) is 1. The maximum atomic E-state index is 14.0. The number of carbonyl (C=O) groups excluding carboxylic acids is 2. The molecule has 35 heavy (non-hydrogen) atoms. The van der Waals surface area contributed by atoms with Crippen LogP contribution in [0.15, 0.2) is 42.4 Å². The molecule has 0 fully saturated rings. The highest BCUT2D eigenvalue weighted by atomic mass is 35.5. The number of nitrogens with zero attached hydrogens (tertiary/aromatic N) is 1. The average molecular weight is 503 g/mol. The standard InChI is InChI=1S/C25H24ClFN2O6/c26-15-2-1-13-7-24(18(25(28)34)6-14(13)5-15)35-12-23(33)19-9-29(10-21(31)22(32)11-30)20-8-16(27)3-4-17(19)20/h1-2,5-9,21-22,30-32H,3-4,10-12H2,(H2,28,34)/t21-,22-/m0/s1. The van der Waals surface area contributed by atoms with Crippen molar-refractivity contribution >= 4 is 40.1 Å². The van der Waals surface area contributed by atoms with Crippen LogP contribution in [-0.2, 0) is 13.0 Å². The van der Waals surface area contributed by atoms with E-state index in [2.05, 4.69) is 0 Å². The summed E-state index contributed by atoms with van der Waals surface area (Å²) in [5, 5.41) is 30.8. The molecule has 0 unspecified atom stereocenters. The Morgan fingerprint density at radius 1 is 1.11 bits per heavy atom. The summed E-state index contributed by atoms with van der Waals surface area (Å²) in [5.74, 6) is -1.37. The quantitative estimate of drug-likeness (QED) is 0.332. The first kappa shape index (κ1) is 24.9. The number of aliphatic hydroxyl groups is 3. The van der Waals surface area contributed by atoms with Gasteiger partial charge in [-0.1, -0.05) is 17.7 Å². The summed E-state index contributed by atoms with van der Waals surface area (Å²) in [6.07, 6.45) is 0.443. The van der Waals surface area contributed by atoms with E-state index >= 15 is 0 Å². The second-order valence-corrected chi connectivity index (χ2v) is 8.82. The molecule has 0 radical (unpaired) electrons. The second kappa shape index (κ2) is 10.2. The Morgan fingerprint density at radius 2 is 1.89 bits per heavy atom. The highest BCUT2D eigenvalue weighted by molar-refractivity contribution is 6.31. The lowest BCUT2D eigenvalue weighted by Gasteiger charge is -2.18. The van der Waals surface area contributed by atoms with Gasteiger partial charge in [-0.25, -0.2) is 4.39 Å². The van der Waals surface area contributed by atoms with Gasteiger partial charge in [-0.15, -0.1) is 0 Å². The Kier molecular flexibility index (Phi) is 7.23. The number of hydrogen-bond acceptors (Lipinski definition) is 6. The third kappa shape index (κ3) is 5.23. The molecular weight excluding hydrogens is 479 g/mol. The molecule has 0 aliphatic heterocycles. The van der Waals surface area contributed by atoms with E-state index in [0.717, 1.165) is 5.39 Å². The van der Waals surface area contributed by atoms with Gasteiger partial charge in [0.05, 0.1) is 24.8 Å². The molecule has 184 valence electrons. The number of ether oxygens (including phenoxy) is 1. The fraction of sp³-hybridized carbons (Fsp3) is 0.280. The van der Waals surface area contributed by atoms with Crippen LogP contribution >= 0.6 is 11.6 Å². The molecule has 0 saturated carbocycles. The molecule has 0 spiro atoms. The van der Waals surface area contributed by atoms with Crippen molar-refractivity contribution in [3.05, 3.63) is 69.8 Å². The van der Waals surface area contributed by atoms with Crippen LogP contribution in [0.3, 0.4) is 0 Å². The predicted octanol–water partition coefficient (Wildman–Crippen LogP) is 2.63. The first-order valence-electron chi connectivity index (χ1n) is 10.9. The normalized spacial score (nSPS) is 14.8. The molecule has 1 amide bonds. The van der Waals surface area contributed by atoms with Crippen molar-refractivity contribution in [2.75, 3.05) is 13.2 Å². The molecule has 2 aromatic carbocycles. The predicted molar refractivity (Wildman–Crippen MR) is 128 cm³/mol. The van der Waals surface area contributed by atoms with E-state index in [1.807, 2.05) is 0 Å². The molecule has 2 atom stereocenters. The highest BCUT2D eigenvalue weighted by Gasteiger charge is 2.26. The lowest BCUT2D eigenvalue weighted by molar-refractivity contribution is -0.0215. The molecule has 8 nitrogen and oxygen atoms in total. The van der Waals surface area contributed by atoms with Gasteiger partial charge in [-0.3, -0.25) is 9.59 Å². The number of allylic oxidation sites excluding steroid dienone is 1. The second-order valence-electron chi connectivity index (χ2n) is 8.38. The zero-order valence-corrected chi connectivity index (χ0v) is 19.3. The number of carbonyl (C=O) groups is 2. The van der Waals surface area contributed by atoms with Gasteiger partial charge in [-0.05, 0) is 53.1 Å². The number of rotatable bonds is 9. The first-order chi connectivity index (χ1) is 16.7. The van der Waals surface area contributed by atoms with Crippen molar-refractivity contribution in [3.63, 3.8) is 0 Å². The van der Waals surface area contributed by atoms with Crippen molar-refractivity contribution in [1.82, 2.24) is 4.57 Å². The van der Waals surface area contributed by atoms with Crippen LogP contribution in [-0.4, -0.2) is 57.0 Å². The molecule has 0 bridgehead atoms. The molecule has 5 N–H and O–H groups in total. The largest absolute Gasteiger partial charge is 0.485 e. The SMILES string of the molecule is NC(=O)c1cc2cc(Cl)ccc2cc1OCC(=O)c1cn(C[C@H](O)[C@@H](O)CO)c2c1CCC(F)=C2. The van der Waals surface area contributed by atoms with Crippen LogP contribution in [0.25, 0.3) is 16.8 Å². The summed E-state index contributed by atoms with van der Waals surface area (Å²) >= 11 is 6.02. The van der Waals surface area contributed by atoms with E-state index in [1.165, 1.54) is 16.8 Å². The summed E-state index contributed by atoms with van der Waals surface area (Å²) in [4.78, 5) is 25.1. The zero-order valence-electron chi connectivity index (χ0n) is 18.6. The van der Waals surface area contributed by atoms with Crippen LogP contribution < -0.4 is 10.5 Å². The number of fused-ring (bicyclic) bond motifs is 2. The number of hydrogen-bond donors (Lipinski definition) is 4. The van der Waals surface area contributed by atoms with Gasteiger partial charge in [0.25, 0.3) is 5.91 Å². The maximum absolute atomic E-state index is 14.0. The van der Waals surface area contributed by atoms with Gasteiger partial charge in [0.15, 0.2) is 6.61 Å². The highest BCUT2D eigenvalue weighted by Crippen LogP contribution is 2.31. The zero-order chi connectivity index (χ0) is 25.3. The van der Waals surface area contributed by atoms with Crippen molar-refractivity contribution in [2.45, 2.75) is 31.6 Å². The van der Waals surface area contributed by atoms with Crippen LogP contribution in [0.5, 0.6) is 5.75 Å². The first-order valence-corrected chi connectivity index (χ1v) is 11.3. The van der Waals surface area contributed by atoms with E-state index < -0.39 is 37.1 Å².